The zero-order valence-electron chi connectivity index (χ0n) is 14.8. The molecule has 4 rings (SSSR count). The monoisotopic (exact) mass is 352 g/mol. The van der Waals surface area contributed by atoms with E-state index in [9.17, 15) is 9.59 Å². The first-order valence-electron chi connectivity index (χ1n) is 8.62. The number of hydrogen-bond donors (Lipinski definition) is 0. The molecule has 7 nitrogen and oxygen atoms in total. The molecule has 0 N–H and O–H groups in total. The number of pyridine rings is 1. The van der Waals surface area contributed by atoms with Crippen LogP contribution in [0.2, 0.25) is 0 Å². The fourth-order valence-electron chi connectivity index (χ4n) is 3.34. The summed E-state index contributed by atoms with van der Waals surface area (Å²) in [4.78, 5) is 33.4. The Morgan fingerprint density at radius 2 is 1.73 bits per heavy atom. The molecule has 2 amide bonds. The number of furan rings is 1. The van der Waals surface area contributed by atoms with Gasteiger partial charge in [-0.1, -0.05) is 0 Å². The highest BCUT2D eigenvalue weighted by Gasteiger charge is 2.29. The molecule has 1 aliphatic rings. The molecular formula is C19H20N4O3. The van der Waals surface area contributed by atoms with Crippen molar-refractivity contribution in [3.63, 3.8) is 0 Å². The summed E-state index contributed by atoms with van der Waals surface area (Å²) >= 11 is 0. The first kappa shape index (κ1) is 16.4. The van der Waals surface area contributed by atoms with Gasteiger partial charge in [0.15, 0.2) is 5.76 Å². The molecular weight excluding hydrogens is 332 g/mol. The molecule has 0 radical (unpaired) electrons. The van der Waals surface area contributed by atoms with E-state index >= 15 is 0 Å². The number of aryl methyl sites for hydroxylation is 2. The van der Waals surface area contributed by atoms with Crippen molar-refractivity contribution in [2.45, 2.75) is 13.8 Å². The lowest BCUT2D eigenvalue weighted by Crippen LogP contribution is -2.50. The number of hydrogen-bond acceptors (Lipinski definition) is 4. The van der Waals surface area contributed by atoms with Crippen LogP contribution in [-0.4, -0.2) is 57.2 Å². The summed E-state index contributed by atoms with van der Waals surface area (Å²) in [6, 6.07) is 7.28. The quantitative estimate of drug-likeness (QED) is 0.708. The number of piperazine rings is 1. The van der Waals surface area contributed by atoms with Gasteiger partial charge in [0.2, 0.25) is 0 Å². The molecule has 0 aromatic carbocycles. The van der Waals surface area contributed by atoms with Gasteiger partial charge < -0.3 is 14.2 Å². The highest BCUT2D eigenvalue weighted by Crippen LogP contribution is 2.17. The molecule has 3 aromatic heterocycles. The van der Waals surface area contributed by atoms with Crippen LogP contribution in [0.1, 0.15) is 32.3 Å². The lowest BCUT2D eigenvalue weighted by atomic mass is 10.2. The first-order valence-corrected chi connectivity index (χ1v) is 8.62. The van der Waals surface area contributed by atoms with Crippen LogP contribution >= 0.6 is 0 Å². The van der Waals surface area contributed by atoms with Gasteiger partial charge in [-0.05, 0) is 43.7 Å². The maximum Gasteiger partial charge on any atom is 0.289 e. The van der Waals surface area contributed by atoms with E-state index in [1.54, 1.807) is 21.9 Å². The smallest absolute Gasteiger partial charge is 0.289 e. The van der Waals surface area contributed by atoms with Crippen LogP contribution in [0, 0.1) is 13.8 Å². The molecule has 1 fully saturated rings. The van der Waals surface area contributed by atoms with Gasteiger partial charge in [-0.3, -0.25) is 14.0 Å². The topological polar surface area (TPSA) is 71.1 Å². The lowest BCUT2D eigenvalue weighted by Gasteiger charge is -2.34. The van der Waals surface area contributed by atoms with Gasteiger partial charge in [-0.2, -0.15) is 0 Å². The predicted octanol–water partition coefficient (Wildman–Crippen LogP) is 2.14. The number of rotatable bonds is 2. The van der Waals surface area contributed by atoms with E-state index in [-0.39, 0.29) is 11.8 Å². The summed E-state index contributed by atoms with van der Waals surface area (Å²) in [6.45, 7) is 5.81. The second-order valence-corrected chi connectivity index (χ2v) is 6.54. The van der Waals surface area contributed by atoms with Gasteiger partial charge in [0.1, 0.15) is 11.3 Å². The van der Waals surface area contributed by atoms with Crippen LogP contribution in [0.15, 0.2) is 41.1 Å². The van der Waals surface area contributed by atoms with Gasteiger partial charge in [-0.15, -0.1) is 0 Å². The molecule has 3 aromatic rings. The average Bonchev–Trinajstić information content (AvgIpc) is 3.27. The van der Waals surface area contributed by atoms with E-state index < -0.39 is 0 Å². The van der Waals surface area contributed by atoms with E-state index in [1.807, 2.05) is 36.6 Å². The van der Waals surface area contributed by atoms with Crippen LogP contribution in [0.4, 0.5) is 0 Å². The van der Waals surface area contributed by atoms with Crippen LogP contribution < -0.4 is 0 Å². The van der Waals surface area contributed by atoms with Crippen molar-refractivity contribution in [3.8, 4) is 0 Å². The number of amides is 2. The SMILES string of the molecule is Cc1ccn2c(C(=O)N3CCN(C(=O)c4ccco4)CC3)c(C)nc2c1. The third-order valence-corrected chi connectivity index (χ3v) is 4.74. The Hall–Kier alpha value is -3.09. The molecule has 1 aliphatic heterocycles. The summed E-state index contributed by atoms with van der Waals surface area (Å²) in [5.41, 5.74) is 3.18. The minimum Gasteiger partial charge on any atom is -0.459 e. The molecule has 0 aliphatic carbocycles. The van der Waals surface area contributed by atoms with Crippen molar-refractivity contribution < 1.29 is 14.0 Å². The molecule has 134 valence electrons. The maximum atomic E-state index is 13.0. The Balaban J connectivity index is 1.51. The van der Waals surface area contributed by atoms with Crippen molar-refractivity contribution >= 4 is 17.5 Å². The summed E-state index contributed by atoms with van der Waals surface area (Å²) in [6.07, 6.45) is 3.37. The normalized spacial score (nSPS) is 14.8. The van der Waals surface area contributed by atoms with Gasteiger partial charge in [0.25, 0.3) is 11.8 Å². The van der Waals surface area contributed by atoms with E-state index in [0.717, 1.165) is 16.9 Å². The van der Waals surface area contributed by atoms with E-state index in [1.165, 1.54) is 6.26 Å². The Morgan fingerprint density at radius 1 is 1.04 bits per heavy atom. The van der Waals surface area contributed by atoms with Crippen molar-refractivity contribution in [2.75, 3.05) is 26.2 Å². The van der Waals surface area contributed by atoms with Gasteiger partial charge in [0.05, 0.1) is 12.0 Å². The number of imidazole rings is 1. The highest BCUT2D eigenvalue weighted by molar-refractivity contribution is 5.95. The highest BCUT2D eigenvalue weighted by atomic mass is 16.3. The second-order valence-electron chi connectivity index (χ2n) is 6.54. The molecule has 7 heteroatoms. The fraction of sp³-hybridized carbons (Fsp3) is 0.316. The zero-order chi connectivity index (χ0) is 18.3. The number of carbonyl (C=O) groups excluding carboxylic acids is 2. The van der Waals surface area contributed by atoms with Crippen molar-refractivity contribution in [1.29, 1.82) is 0 Å². The van der Waals surface area contributed by atoms with E-state index in [0.29, 0.717) is 37.6 Å². The summed E-state index contributed by atoms with van der Waals surface area (Å²) in [5, 5.41) is 0. The van der Waals surface area contributed by atoms with Crippen molar-refractivity contribution in [1.82, 2.24) is 19.2 Å². The van der Waals surface area contributed by atoms with Crippen molar-refractivity contribution in [2.24, 2.45) is 0 Å². The molecule has 0 bridgehead atoms. The largest absolute Gasteiger partial charge is 0.459 e. The predicted molar refractivity (Wildman–Crippen MR) is 95.2 cm³/mol. The maximum absolute atomic E-state index is 13.0. The van der Waals surface area contributed by atoms with Gasteiger partial charge in [-0.25, -0.2) is 4.98 Å². The molecule has 1 saturated heterocycles. The number of fused-ring (bicyclic) bond motifs is 1. The minimum atomic E-state index is -0.136. The van der Waals surface area contributed by atoms with E-state index in [4.69, 9.17) is 4.42 Å². The average molecular weight is 352 g/mol. The molecule has 26 heavy (non-hydrogen) atoms. The summed E-state index contributed by atoms with van der Waals surface area (Å²) in [7, 11) is 0. The Morgan fingerprint density at radius 3 is 2.38 bits per heavy atom. The van der Waals surface area contributed by atoms with Crippen LogP contribution in [0.5, 0.6) is 0 Å². The van der Waals surface area contributed by atoms with Crippen LogP contribution in [-0.2, 0) is 0 Å². The molecule has 0 saturated carbocycles. The third kappa shape index (κ3) is 2.75. The molecule has 0 unspecified atom stereocenters. The van der Waals surface area contributed by atoms with Gasteiger partial charge in [0, 0.05) is 32.4 Å². The second kappa shape index (κ2) is 6.33. The third-order valence-electron chi connectivity index (χ3n) is 4.74. The zero-order valence-corrected chi connectivity index (χ0v) is 14.8. The number of aromatic nitrogens is 2. The Bertz CT molecular complexity index is 966. The summed E-state index contributed by atoms with van der Waals surface area (Å²) in [5.74, 6) is 0.144. The van der Waals surface area contributed by atoms with Gasteiger partial charge >= 0.3 is 0 Å². The van der Waals surface area contributed by atoms with E-state index in [2.05, 4.69) is 4.98 Å². The van der Waals surface area contributed by atoms with Crippen LogP contribution in [0.3, 0.4) is 0 Å². The minimum absolute atomic E-state index is 0.0519. The molecule has 4 heterocycles. The number of nitrogens with zero attached hydrogens (tertiary/aromatic N) is 4. The standard InChI is InChI=1S/C19H20N4O3/c1-13-5-6-23-16(12-13)20-14(2)17(23)19(25)22-9-7-21(8-10-22)18(24)15-4-3-11-26-15/h3-6,11-12H,7-10H2,1-2H3. The first-order chi connectivity index (χ1) is 12.5. The Kier molecular flexibility index (Phi) is 3.99. The number of carbonyl (C=O) groups is 2. The van der Waals surface area contributed by atoms with Crippen LogP contribution in [0.25, 0.3) is 5.65 Å². The molecule has 0 spiro atoms. The fourth-order valence-corrected chi connectivity index (χ4v) is 3.34. The summed E-state index contributed by atoms with van der Waals surface area (Å²) < 4.78 is 7.01. The Labute approximate surface area is 150 Å². The lowest BCUT2D eigenvalue weighted by molar-refractivity contribution is 0.0514. The van der Waals surface area contributed by atoms with Crippen molar-refractivity contribution in [3.05, 3.63) is 59.4 Å². The molecule has 0 atom stereocenters.